The molecular formula is C12H9FN4S2. The van der Waals surface area contributed by atoms with Gasteiger partial charge in [0.2, 0.25) is 5.13 Å². The highest BCUT2D eigenvalue weighted by atomic mass is 32.1. The number of rotatable bonds is 3. The molecule has 3 aromatic rings. The first kappa shape index (κ1) is 12.1. The van der Waals surface area contributed by atoms with Crippen LogP contribution in [0.15, 0.2) is 34.1 Å². The third-order valence-corrected chi connectivity index (χ3v) is 4.10. The number of anilines is 2. The minimum Gasteiger partial charge on any atom is -0.383 e. The van der Waals surface area contributed by atoms with E-state index >= 15 is 0 Å². The van der Waals surface area contributed by atoms with Crippen LogP contribution < -0.4 is 11.2 Å². The Bertz CT molecular complexity index is 747. The molecule has 0 bridgehead atoms. The normalized spacial score (nSPS) is 11.4. The van der Waals surface area contributed by atoms with Gasteiger partial charge in [-0.25, -0.2) is 9.37 Å². The fraction of sp³-hybridized carbons (Fsp3) is 0. The summed E-state index contributed by atoms with van der Waals surface area (Å²) in [4.78, 5) is 3.99. The summed E-state index contributed by atoms with van der Waals surface area (Å²) in [5, 5.41) is 9.07. The van der Waals surface area contributed by atoms with E-state index in [1.807, 2.05) is 11.4 Å². The molecule has 19 heavy (non-hydrogen) atoms. The van der Waals surface area contributed by atoms with Crippen molar-refractivity contribution in [2.75, 3.05) is 11.2 Å². The molecule has 3 N–H and O–H groups in total. The number of aromatic nitrogens is 1. The first-order chi connectivity index (χ1) is 9.22. The van der Waals surface area contributed by atoms with Crippen molar-refractivity contribution in [3.63, 3.8) is 0 Å². The minimum atomic E-state index is -0.296. The molecule has 2 heterocycles. The van der Waals surface area contributed by atoms with E-state index in [2.05, 4.69) is 15.5 Å². The van der Waals surface area contributed by atoms with Gasteiger partial charge >= 0.3 is 0 Å². The first-order valence-corrected chi connectivity index (χ1v) is 7.15. The second-order valence-corrected chi connectivity index (χ2v) is 5.59. The van der Waals surface area contributed by atoms with Crippen LogP contribution in [0.4, 0.5) is 15.3 Å². The standard InChI is InChI=1S/C12H9FN4S2/c13-9-3-7-1-2-18-10(7)4-8(9)5-15-17-12-16-11(14)6-19-12/h1-6H,14H2,(H,16,17). The molecule has 0 amide bonds. The highest BCUT2D eigenvalue weighted by Gasteiger charge is 2.03. The average molecular weight is 292 g/mol. The number of nitrogens with two attached hydrogens (primary N) is 1. The van der Waals surface area contributed by atoms with Gasteiger partial charge in [0, 0.05) is 15.6 Å². The van der Waals surface area contributed by atoms with E-state index in [1.165, 1.54) is 23.6 Å². The van der Waals surface area contributed by atoms with Crippen LogP contribution in [0.5, 0.6) is 0 Å². The number of thiophene rings is 1. The van der Waals surface area contributed by atoms with Gasteiger partial charge in [0.25, 0.3) is 0 Å². The molecule has 2 aromatic heterocycles. The largest absolute Gasteiger partial charge is 0.383 e. The molecule has 0 saturated carbocycles. The Morgan fingerprint density at radius 2 is 2.26 bits per heavy atom. The zero-order valence-corrected chi connectivity index (χ0v) is 11.3. The molecule has 0 fully saturated rings. The summed E-state index contributed by atoms with van der Waals surface area (Å²) in [5.41, 5.74) is 8.64. The maximum atomic E-state index is 13.8. The number of hydrogen-bond donors (Lipinski definition) is 2. The van der Waals surface area contributed by atoms with Crippen molar-refractivity contribution in [2.24, 2.45) is 5.10 Å². The lowest BCUT2D eigenvalue weighted by Gasteiger charge is -1.97. The van der Waals surface area contributed by atoms with Gasteiger partial charge in [-0.2, -0.15) is 5.10 Å². The third kappa shape index (κ3) is 2.56. The van der Waals surface area contributed by atoms with Crippen LogP contribution >= 0.6 is 22.7 Å². The van der Waals surface area contributed by atoms with Gasteiger partial charge in [0.1, 0.15) is 11.6 Å². The van der Waals surface area contributed by atoms with Crippen LogP contribution in [0.1, 0.15) is 5.56 Å². The van der Waals surface area contributed by atoms with Crippen LogP contribution in [0.3, 0.4) is 0 Å². The molecule has 0 radical (unpaired) electrons. The molecule has 0 spiro atoms. The topological polar surface area (TPSA) is 63.3 Å². The number of fused-ring (bicyclic) bond motifs is 1. The highest BCUT2D eigenvalue weighted by molar-refractivity contribution is 7.17. The zero-order chi connectivity index (χ0) is 13.2. The van der Waals surface area contributed by atoms with Gasteiger partial charge < -0.3 is 5.73 Å². The fourth-order valence-electron chi connectivity index (χ4n) is 1.59. The number of thiazole rings is 1. The van der Waals surface area contributed by atoms with Crippen molar-refractivity contribution in [3.05, 3.63) is 40.3 Å². The Kier molecular flexibility index (Phi) is 3.14. The summed E-state index contributed by atoms with van der Waals surface area (Å²) in [6.45, 7) is 0. The number of benzene rings is 1. The van der Waals surface area contributed by atoms with Gasteiger partial charge in [-0.1, -0.05) is 0 Å². The van der Waals surface area contributed by atoms with E-state index in [1.54, 1.807) is 22.8 Å². The van der Waals surface area contributed by atoms with E-state index in [4.69, 9.17) is 5.73 Å². The Hall–Kier alpha value is -1.99. The van der Waals surface area contributed by atoms with Crippen molar-refractivity contribution in [1.82, 2.24) is 4.98 Å². The van der Waals surface area contributed by atoms with Crippen LogP contribution in [0.2, 0.25) is 0 Å². The van der Waals surface area contributed by atoms with Crippen molar-refractivity contribution in [1.29, 1.82) is 0 Å². The number of nitrogen functional groups attached to an aromatic ring is 1. The van der Waals surface area contributed by atoms with Gasteiger partial charge in [-0.05, 0) is 29.0 Å². The van der Waals surface area contributed by atoms with Crippen molar-refractivity contribution >= 4 is 49.9 Å². The quantitative estimate of drug-likeness (QED) is 0.573. The third-order valence-electron chi connectivity index (χ3n) is 2.46. The second kappa shape index (κ2) is 4.94. The molecule has 0 aliphatic carbocycles. The Morgan fingerprint density at radius 1 is 1.37 bits per heavy atom. The molecule has 0 aliphatic rings. The molecule has 0 saturated heterocycles. The highest BCUT2D eigenvalue weighted by Crippen LogP contribution is 2.23. The fourth-order valence-corrected chi connectivity index (χ4v) is 2.96. The Labute approximate surface area is 116 Å². The van der Waals surface area contributed by atoms with Gasteiger partial charge in [-0.3, -0.25) is 5.43 Å². The SMILES string of the molecule is Nc1csc(NN=Cc2cc3sccc3cc2F)n1. The second-order valence-electron chi connectivity index (χ2n) is 3.78. The number of hydrazone groups is 1. The van der Waals surface area contributed by atoms with Crippen LogP contribution in [-0.4, -0.2) is 11.2 Å². The van der Waals surface area contributed by atoms with E-state index in [9.17, 15) is 4.39 Å². The lowest BCUT2D eigenvalue weighted by molar-refractivity contribution is 0.628. The van der Waals surface area contributed by atoms with Crippen molar-refractivity contribution in [2.45, 2.75) is 0 Å². The first-order valence-electron chi connectivity index (χ1n) is 5.39. The maximum Gasteiger partial charge on any atom is 0.205 e. The predicted molar refractivity (Wildman–Crippen MR) is 79.5 cm³/mol. The van der Waals surface area contributed by atoms with Gasteiger partial charge in [-0.15, -0.1) is 22.7 Å². The molecular weight excluding hydrogens is 283 g/mol. The van der Waals surface area contributed by atoms with Crippen LogP contribution in [0, 0.1) is 5.82 Å². The zero-order valence-electron chi connectivity index (χ0n) is 9.63. The average Bonchev–Trinajstić information content (AvgIpc) is 2.98. The molecule has 0 atom stereocenters. The van der Waals surface area contributed by atoms with Crippen molar-refractivity contribution < 1.29 is 4.39 Å². The van der Waals surface area contributed by atoms with Crippen molar-refractivity contribution in [3.8, 4) is 0 Å². The summed E-state index contributed by atoms with van der Waals surface area (Å²) in [6.07, 6.45) is 1.44. The summed E-state index contributed by atoms with van der Waals surface area (Å²) in [6, 6.07) is 5.17. The lowest BCUT2D eigenvalue weighted by atomic mass is 10.2. The summed E-state index contributed by atoms with van der Waals surface area (Å²) >= 11 is 2.91. The van der Waals surface area contributed by atoms with Gasteiger partial charge in [0.15, 0.2) is 0 Å². The maximum absolute atomic E-state index is 13.8. The lowest BCUT2D eigenvalue weighted by Crippen LogP contribution is -1.93. The summed E-state index contributed by atoms with van der Waals surface area (Å²) in [5.74, 6) is 0.143. The van der Waals surface area contributed by atoms with E-state index in [-0.39, 0.29) is 5.82 Å². The molecule has 4 nitrogen and oxygen atoms in total. The summed E-state index contributed by atoms with van der Waals surface area (Å²) < 4.78 is 14.8. The number of hydrogen-bond acceptors (Lipinski definition) is 6. The van der Waals surface area contributed by atoms with E-state index < -0.39 is 0 Å². The van der Waals surface area contributed by atoms with E-state index in [0.29, 0.717) is 16.5 Å². The minimum absolute atomic E-state index is 0.296. The molecule has 1 aromatic carbocycles. The molecule has 7 heteroatoms. The monoisotopic (exact) mass is 292 g/mol. The van der Waals surface area contributed by atoms with Gasteiger partial charge in [0.05, 0.1) is 6.21 Å². The smallest absolute Gasteiger partial charge is 0.205 e. The number of halogens is 1. The number of nitrogens with one attached hydrogen (secondary N) is 1. The predicted octanol–water partition coefficient (Wildman–Crippen LogP) is 3.53. The molecule has 96 valence electrons. The van der Waals surface area contributed by atoms with Crippen LogP contribution in [-0.2, 0) is 0 Å². The summed E-state index contributed by atoms with van der Waals surface area (Å²) in [7, 11) is 0. The Morgan fingerprint density at radius 3 is 3.05 bits per heavy atom. The van der Waals surface area contributed by atoms with E-state index in [0.717, 1.165) is 10.1 Å². The molecule has 3 rings (SSSR count). The number of nitrogens with zero attached hydrogens (tertiary/aromatic N) is 2. The molecule has 0 unspecified atom stereocenters. The Balaban J connectivity index is 1.82. The van der Waals surface area contributed by atoms with Crippen LogP contribution in [0.25, 0.3) is 10.1 Å². The molecule has 0 aliphatic heterocycles.